The third-order valence-electron chi connectivity index (χ3n) is 4.03. The van der Waals surface area contributed by atoms with E-state index in [1.165, 1.54) is 6.07 Å². The second-order valence-corrected chi connectivity index (χ2v) is 5.17. The molecule has 4 nitrogen and oxygen atoms in total. The summed E-state index contributed by atoms with van der Waals surface area (Å²) < 4.78 is 14.0. The fourth-order valence-corrected chi connectivity index (χ4v) is 2.99. The van der Waals surface area contributed by atoms with Gasteiger partial charge in [-0.2, -0.15) is 0 Å². The Kier molecular flexibility index (Phi) is 3.14. The van der Waals surface area contributed by atoms with E-state index < -0.39 is 0 Å². The van der Waals surface area contributed by atoms with Crippen LogP contribution in [0.5, 0.6) is 0 Å². The molecule has 1 N–H and O–H groups in total. The van der Waals surface area contributed by atoms with E-state index in [2.05, 4.69) is 0 Å². The van der Waals surface area contributed by atoms with Crippen LogP contribution in [0.3, 0.4) is 0 Å². The Bertz CT molecular complexity index is 506. The Balaban J connectivity index is 1.79. The molecule has 0 aromatic heterocycles. The van der Waals surface area contributed by atoms with Crippen LogP contribution in [0.25, 0.3) is 0 Å². The molecule has 2 saturated heterocycles. The Hall–Kier alpha value is -1.62. The Labute approximate surface area is 111 Å². The van der Waals surface area contributed by atoms with Gasteiger partial charge in [-0.1, -0.05) is 6.07 Å². The van der Waals surface area contributed by atoms with E-state index in [4.69, 9.17) is 5.11 Å². The van der Waals surface area contributed by atoms with Gasteiger partial charge in [0.15, 0.2) is 0 Å². The lowest BCUT2D eigenvalue weighted by molar-refractivity contribution is -0.129. The van der Waals surface area contributed by atoms with Crippen LogP contribution in [0.4, 0.5) is 10.1 Å². The third-order valence-corrected chi connectivity index (χ3v) is 4.03. The smallest absolute Gasteiger partial charge is 0.223 e. The van der Waals surface area contributed by atoms with E-state index >= 15 is 0 Å². The molecule has 1 amide bonds. The molecule has 2 fully saturated rings. The van der Waals surface area contributed by atoms with Gasteiger partial charge in [-0.05, 0) is 24.1 Å². The second-order valence-electron chi connectivity index (χ2n) is 5.17. The predicted molar refractivity (Wildman–Crippen MR) is 69.3 cm³/mol. The molecule has 1 unspecified atom stereocenters. The zero-order valence-electron chi connectivity index (χ0n) is 10.7. The largest absolute Gasteiger partial charge is 0.392 e. The van der Waals surface area contributed by atoms with Gasteiger partial charge in [-0.25, -0.2) is 4.39 Å². The molecule has 0 saturated carbocycles. The van der Waals surface area contributed by atoms with Crippen molar-refractivity contribution in [2.45, 2.75) is 25.5 Å². The molecule has 0 aliphatic carbocycles. The predicted octanol–water partition coefficient (Wildman–Crippen LogP) is 1.13. The molecule has 0 spiro atoms. The minimum Gasteiger partial charge on any atom is -0.392 e. The number of nitrogens with zero attached hydrogens (tertiary/aromatic N) is 2. The van der Waals surface area contributed by atoms with Gasteiger partial charge in [0.25, 0.3) is 0 Å². The van der Waals surface area contributed by atoms with Crippen molar-refractivity contribution in [3.63, 3.8) is 0 Å². The lowest BCUT2D eigenvalue weighted by Gasteiger charge is -2.39. The van der Waals surface area contributed by atoms with Crippen LogP contribution < -0.4 is 4.90 Å². The molecule has 19 heavy (non-hydrogen) atoms. The quantitative estimate of drug-likeness (QED) is 0.871. The number of hydrogen-bond donors (Lipinski definition) is 1. The molecule has 3 rings (SSSR count). The van der Waals surface area contributed by atoms with Crippen LogP contribution in [0.2, 0.25) is 0 Å². The standard InChI is InChI=1S/C14H17FN2O2/c15-12-7-10(9-18)1-3-13(12)16-5-6-17-11(8-16)2-4-14(17)19/h1,3,7,11,18H,2,4-6,8-9H2. The second kappa shape index (κ2) is 4.81. The molecule has 0 bridgehead atoms. The zero-order chi connectivity index (χ0) is 13.4. The number of piperazine rings is 1. The van der Waals surface area contributed by atoms with Crippen LogP contribution >= 0.6 is 0 Å². The van der Waals surface area contributed by atoms with Crippen molar-refractivity contribution in [2.24, 2.45) is 0 Å². The summed E-state index contributed by atoms with van der Waals surface area (Å²) in [5, 5.41) is 8.99. The Morgan fingerprint density at radius 3 is 2.95 bits per heavy atom. The number of aliphatic hydroxyl groups is 1. The van der Waals surface area contributed by atoms with Gasteiger partial charge in [0.05, 0.1) is 12.3 Å². The van der Waals surface area contributed by atoms with Crippen molar-refractivity contribution >= 4 is 11.6 Å². The van der Waals surface area contributed by atoms with E-state index in [1.54, 1.807) is 12.1 Å². The molecule has 1 atom stereocenters. The fraction of sp³-hybridized carbons (Fsp3) is 0.500. The number of rotatable bonds is 2. The molecule has 5 heteroatoms. The molecule has 2 aliphatic heterocycles. The normalized spacial score (nSPS) is 22.8. The number of anilines is 1. The van der Waals surface area contributed by atoms with Gasteiger partial charge in [0, 0.05) is 32.1 Å². The molecular formula is C14H17FN2O2. The van der Waals surface area contributed by atoms with E-state index in [0.29, 0.717) is 37.3 Å². The lowest BCUT2D eigenvalue weighted by Crippen LogP contribution is -2.51. The van der Waals surface area contributed by atoms with Crippen LogP contribution in [-0.2, 0) is 11.4 Å². The first-order chi connectivity index (χ1) is 9.19. The highest BCUT2D eigenvalue weighted by Crippen LogP contribution is 2.28. The van der Waals surface area contributed by atoms with Crippen molar-refractivity contribution in [3.05, 3.63) is 29.6 Å². The van der Waals surface area contributed by atoms with Crippen LogP contribution in [-0.4, -0.2) is 41.6 Å². The average Bonchev–Trinajstić information content (AvgIpc) is 2.79. The number of benzene rings is 1. The molecular weight excluding hydrogens is 247 g/mol. The molecule has 1 aromatic carbocycles. The van der Waals surface area contributed by atoms with Crippen molar-refractivity contribution in [1.82, 2.24) is 4.90 Å². The molecule has 2 aliphatic rings. The number of carbonyl (C=O) groups excluding carboxylic acids is 1. The number of aliphatic hydroxyl groups excluding tert-OH is 1. The first kappa shape index (κ1) is 12.4. The summed E-state index contributed by atoms with van der Waals surface area (Å²) in [5.74, 6) is -0.0786. The maximum Gasteiger partial charge on any atom is 0.223 e. The van der Waals surface area contributed by atoms with E-state index in [9.17, 15) is 9.18 Å². The van der Waals surface area contributed by atoms with Gasteiger partial charge >= 0.3 is 0 Å². The number of hydrogen-bond acceptors (Lipinski definition) is 3. The van der Waals surface area contributed by atoms with Gasteiger partial charge < -0.3 is 14.9 Å². The first-order valence-corrected chi connectivity index (χ1v) is 6.63. The van der Waals surface area contributed by atoms with Crippen molar-refractivity contribution in [2.75, 3.05) is 24.5 Å². The molecule has 102 valence electrons. The minimum absolute atomic E-state index is 0.151. The maximum absolute atomic E-state index is 14.0. The highest BCUT2D eigenvalue weighted by molar-refractivity contribution is 5.79. The van der Waals surface area contributed by atoms with Gasteiger partial charge in [-0.3, -0.25) is 4.79 Å². The maximum atomic E-state index is 14.0. The summed E-state index contributed by atoms with van der Waals surface area (Å²) in [6, 6.07) is 5.05. The average molecular weight is 264 g/mol. The zero-order valence-corrected chi connectivity index (χ0v) is 10.7. The highest BCUT2D eigenvalue weighted by Gasteiger charge is 2.35. The number of halogens is 1. The van der Waals surface area contributed by atoms with Gasteiger partial charge in [-0.15, -0.1) is 0 Å². The Morgan fingerprint density at radius 1 is 1.37 bits per heavy atom. The summed E-state index contributed by atoms with van der Waals surface area (Å²) in [6.07, 6.45) is 1.48. The first-order valence-electron chi connectivity index (χ1n) is 6.63. The van der Waals surface area contributed by atoms with Gasteiger partial charge in [0.1, 0.15) is 5.82 Å². The Morgan fingerprint density at radius 2 is 2.21 bits per heavy atom. The van der Waals surface area contributed by atoms with Gasteiger partial charge in [0.2, 0.25) is 5.91 Å². The topological polar surface area (TPSA) is 43.8 Å². The number of amides is 1. The number of fused-ring (bicyclic) bond motifs is 1. The van der Waals surface area contributed by atoms with Crippen molar-refractivity contribution in [1.29, 1.82) is 0 Å². The summed E-state index contributed by atoms with van der Waals surface area (Å²) in [7, 11) is 0. The van der Waals surface area contributed by atoms with Crippen molar-refractivity contribution < 1.29 is 14.3 Å². The number of carbonyl (C=O) groups is 1. The highest BCUT2D eigenvalue weighted by atomic mass is 19.1. The molecule has 0 radical (unpaired) electrons. The monoisotopic (exact) mass is 264 g/mol. The van der Waals surface area contributed by atoms with Crippen LogP contribution in [0.15, 0.2) is 18.2 Å². The lowest BCUT2D eigenvalue weighted by atomic mass is 10.1. The summed E-state index contributed by atoms with van der Waals surface area (Å²) in [6.45, 7) is 1.88. The third kappa shape index (κ3) is 2.18. The fourth-order valence-electron chi connectivity index (χ4n) is 2.99. The SMILES string of the molecule is O=C1CCC2CN(c3ccc(CO)cc3F)CCN12. The van der Waals surface area contributed by atoms with Crippen LogP contribution in [0, 0.1) is 5.82 Å². The van der Waals surface area contributed by atoms with E-state index in [1.807, 2.05) is 9.80 Å². The summed E-state index contributed by atoms with van der Waals surface area (Å²) >= 11 is 0. The summed E-state index contributed by atoms with van der Waals surface area (Å²) in [4.78, 5) is 15.5. The van der Waals surface area contributed by atoms with Crippen LogP contribution in [0.1, 0.15) is 18.4 Å². The van der Waals surface area contributed by atoms with Crippen molar-refractivity contribution in [3.8, 4) is 0 Å². The van der Waals surface area contributed by atoms with E-state index in [0.717, 1.165) is 6.42 Å². The molecule has 1 aromatic rings. The molecule has 2 heterocycles. The van der Waals surface area contributed by atoms with E-state index in [-0.39, 0.29) is 24.4 Å². The minimum atomic E-state index is -0.302. The summed E-state index contributed by atoms with van der Waals surface area (Å²) in [5.41, 5.74) is 1.15.